The zero-order valence-corrected chi connectivity index (χ0v) is 13.1. The summed E-state index contributed by atoms with van der Waals surface area (Å²) in [4.78, 5) is 1.76. The van der Waals surface area contributed by atoms with Gasteiger partial charge in [-0.1, -0.05) is 0 Å². The number of likely N-dealkylation sites (N-methyl/N-ethyl adjacent to an activating group) is 1. The summed E-state index contributed by atoms with van der Waals surface area (Å²) in [5.41, 5.74) is 0.725. The van der Waals surface area contributed by atoms with Crippen LogP contribution < -0.4 is 14.4 Å². The number of aliphatic hydroxyl groups is 1. The molecule has 1 rings (SSSR count). The van der Waals surface area contributed by atoms with E-state index in [2.05, 4.69) is 0 Å². The van der Waals surface area contributed by atoms with Gasteiger partial charge in [-0.15, -0.1) is 0 Å². The molecule has 0 aromatic heterocycles. The topological polar surface area (TPSA) is 96.3 Å². The van der Waals surface area contributed by atoms with Gasteiger partial charge in [-0.2, -0.15) is 8.42 Å². The summed E-state index contributed by atoms with van der Waals surface area (Å²) in [6.45, 7) is 2.47. The zero-order valence-electron chi connectivity index (χ0n) is 12.3. The quantitative estimate of drug-likeness (QED) is 0.511. The van der Waals surface area contributed by atoms with E-state index in [0.717, 1.165) is 5.69 Å². The molecule has 1 aromatic rings. The van der Waals surface area contributed by atoms with Crippen molar-refractivity contribution in [3.63, 3.8) is 0 Å². The van der Waals surface area contributed by atoms with E-state index in [-0.39, 0.29) is 36.1 Å². The van der Waals surface area contributed by atoms with Gasteiger partial charge >= 0.3 is 29.6 Å². The van der Waals surface area contributed by atoms with Crippen LogP contribution in [0.2, 0.25) is 0 Å². The van der Waals surface area contributed by atoms with Gasteiger partial charge in [-0.3, -0.25) is 4.55 Å². The molecule has 0 aliphatic carbocycles. The summed E-state index contributed by atoms with van der Waals surface area (Å²) in [6.07, 6.45) is -1.20. The summed E-state index contributed by atoms with van der Waals surface area (Å²) in [7, 11) is -1.15. The number of benzene rings is 1. The molecule has 2 N–H and O–H groups in total. The number of aliphatic hydroxyl groups excluding tert-OH is 1. The molecule has 0 amide bonds. The Labute approximate surface area is 153 Å². The van der Waals surface area contributed by atoms with Gasteiger partial charge in [0, 0.05) is 37.0 Å². The van der Waals surface area contributed by atoms with E-state index in [1.54, 1.807) is 23.1 Å². The summed E-state index contributed by atoms with van der Waals surface area (Å²) in [6, 6.07) is 5.23. The van der Waals surface area contributed by atoms with E-state index in [1.165, 1.54) is 14.2 Å². The Bertz CT molecular complexity index is 543. The predicted octanol–water partition coefficient (Wildman–Crippen LogP) is 0.130. The Kier molecular flexibility index (Phi) is 9.37. The Morgan fingerprint density at radius 2 is 1.68 bits per heavy atom. The molecule has 22 heavy (non-hydrogen) atoms. The molecule has 9 heteroatoms. The van der Waals surface area contributed by atoms with Crippen molar-refractivity contribution in [3.8, 4) is 11.5 Å². The van der Waals surface area contributed by atoms with Crippen LogP contribution >= 0.6 is 0 Å². The molecular formula is C13H22NNaO6S. The first-order valence-corrected chi connectivity index (χ1v) is 8.01. The normalized spacial score (nSPS) is 12.2. The number of nitrogens with zero attached hydrogens (tertiary/aromatic N) is 1. The third-order valence-electron chi connectivity index (χ3n) is 2.92. The van der Waals surface area contributed by atoms with Crippen molar-refractivity contribution in [2.24, 2.45) is 0 Å². The minimum absolute atomic E-state index is 0. The number of ether oxygens (including phenoxy) is 2. The van der Waals surface area contributed by atoms with Crippen LogP contribution in [0.25, 0.3) is 0 Å². The molecule has 0 fully saturated rings. The fourth-order valence-corrected chi connectivity index (χ4v) is 2.53. The van der Waals surface area contributed by atoms with Crippen molar-refractivity contribution in [2.45, 2.75) is 13.0 Å². The number of methoxy groups -OCH3 is 2. The van der Waals surface area contributed by atoms with E-state index in [9.17, 15) is 13.5 Å². The monoisotopic (exact) mass is 343 g/mol. The Balaban J connectivity index is 0.00000441. The second-order valence-corrected chi connectivity index (χ2v) is 6.01. The average molecular weight is 343 g/mol. The molecule has 0 spiro atoms. The molecule has 0 bridgehead atoms. The van der Waals surface area contributed by atoms with Gasteiger partial charge in [0.25, 0.3) is 10.1 Å². The van der Waals surface area contributed by atoms with E-state index in [4.69, 9.17) is 14.0 Å². The average Bonchev–Trinajstić information content (AvgIpc) is 2.42. The van der Waals surface area contributed by atoms with Gasteiger partial charge in [0.2, 0.25) is 0 Å². The molecular weight excluding hydrogens is 321 g/mol. The van der Waals surface area contributed by atoms with Crippen LogP contribution in [0.15, 0.2) is 18.2 Å². The fraction of sp³-hybridized carbons (Fsp3) is 0.538. The second-order valence-electron chi connectivity index (χ2n) is 4.51. The first-order valence-electron chi connectivity index (χ1n) is 6.40. The Morgan fingerprint density at radius 1 is 1.18 bits per heavy atom. The molecule has 0 heterocycles. The molecule has 1 aromatic carbocycles. The van der Waals surface area contributed by atoms with Gasteiger partial charge in [0.15, 0.2) is 0 Å². The maximum atomic E-state index is 10.8. The second kappa shape index (κ2) is 9.59. The van der Waals surface area contributed by atoms with E-state index >= 15 is 0 Å². The number of anilines is 1. The zero-order chi connectivity index (χ0) is 16.0. The van der Waals surface area contributed by atoms with Gasteiger partial charge in [0.1, 0.15) is 17.3 Å². The third kappa shape index (κ3) is 7.17. The van der Waals surface area contributed by atoms with Gasteiger partial charge in [-0.05, 0) is 6.92 Å². The fourth-order valence-electron chi connectivity index (χ4n) is 1.94. The summed E-state index contributed by atoms with van der Waals surface area (Å²) >= 11 is 0. The molecule has 0 radical (unpaired) electrons. The van der Waals surface area contributed by atoms with Crippen molar-refractivity contribution in [1.29, 1.82) is 0 Å². The Morgan fingerprint density at radius 3 is 2.05 bits per heavy atom. The van der Waals surface area contributed by atoms with Gasteiger partial charge in [-0.25, -0.2) is 0 Å². The van der Waals surface area contributed by atoms with Crippen LogP contribution in [-0.4, -0.2) is 86.8 Å². The molecule has 1 atom stereocenters. The van der Waals surface area contributed by atoms with Crippen molar-refractivity contribution < 1.29 is 27.6 Å². The molecule has 1 unspecified atom stereocenters. The van der Waals surface area contributed by atoms with Crippen LogP contribution in [0, 0.1) is 0 Å². The summed E-state index contributed by atoms with van der Waals surface area (Å²) < 4.78 is 40.7. The van der Waals surface area contributed by atoms with Gasteiger partial charge < -0.3 is 19.5 Å². The molecule has 122 valence electrons. The minimum atomic E-state index is -4.21. The van der Waals surface area contributed by atoms with E-state index in [1.807, 2.05) is 6.92 Å². The maximum absolute atomic E-state index is 10.8. The molecule has 0 saturated carbocycles. The van der Waals surface area contributed by atoms with Crippen molar-refractivity contribution in [1.82, 2.24) is 0 Å². The molecule has 7 nitrogen and oxygen atoms in total. The standard InChI is InChI=1S/C13H21NO6S.Na.H/c1-4-14(8-11(15)9-21(16,17)18)10-5-12(19-2)7-13(6-10)20-3;;/h5-7,11,15H,4,8-9H2,1-3H3,(H,16,17,18);;. The first-order chi connectivity index (χ1) is 9.78. The SMILES string of the molecule is CCN(CC(O)CS(=O)(=O)O)c1cc(OC)cc(OC)c1.[NaH]. The van der Waals surface area contributed by atoms with Crippen LogP contribution in [0.4, 0.5) is 5.69 Å². The third-order valence-corrected chi connectivity index (χ3v) is 3.72. The van der Waals surface area contributed by atoms with Gasteiger partial charge in [0.05, 0.1) is 20.3 Å². The van der Waals surface area contributed by atoms with E-state index in [0.29, 0.717) is 18.0 Å². The van der Waals surface area contributed by atoms with Crippen LogP contribution in [0.3, 0.4) is 0 Å². The Hall–Kier alpha value is -0.510. The van der Waals surface area contributed by atoms with Crippen LogP contribution in [-0.2, 0) is 10.1 Å². The molecule has 0 aliphatic rings. The number of hydrogen-bond acceptors (Lipinski definition) is 6. The summed E-state index contributed by atoms with van der Waals surface area (Å²) in [5.74, 6) is 0.476. The van der Waals surface area contributed by atoms with E-state index < -0.39 is 22.0 Å². The number of hydrogen-bond donors (Lipinski definition) is 2. The molecule has 0 aliphatic heterocycles. The van der Waals surface area contributed by atoms with Crippen molar-refractivity contribution >= 4 is 45.4 Å². The van der Waals surface area contributed by atoms with Crippen LogP contribution in [0.1, 0.15) is 6.92 Å². The molecule has 0 saturated heterocycles. The van der Waals surface area contributed by atoms with Crippen LogP contribution in [0.5, 0.6) is 11.5 Å². The number of rotatable bonds is 8. The summed E-state index contributed by atoms with van der Waals surface area (Å²) in [5, 5.41) is 9.76. The van der Waals surface area contributed by atoms with Crippen molar-refractivity contribution in [2.75, 3.05) is 38.0 Å². The predicted molar refractivity (Wildman–Crippen MR) is 87.0 cm³/mol. The first kappa shape index (κ1) is 21.5. The van der Waals surface area contributed by atoms with Crippen molar-refractivity contribution in [3.05, 3.63) is 18.2 Å².